The van der Waals surface area contributed by atoms with Crippen LogP contribution in [0.15, 0.2) is 53.3 Å². The van der Waals surface area contributed by atoms with Crippen molar-refractivity contribution in [2.24, 2.45) is 0 Å². The molecule has 0 saturated heterocycles. The molecule has 1 aromatic heterocycles. The van der Waals surface area contributed by atoms with Gasteiger partial charge in [0.05, 0.1) is 22.6 Å². The number of carbonyl (C=O) groups is 1. The molecule has 1 atom stereocenters. The number of amides is 1. The highest BCUT2D eigenvalue weighted by molar-refractivity contribution is 5.79. The van der Waals surface area contributed by atoms with Gasteiger partial charge in [0.1, 0.15) is 5.82 Å². The van der Waals surface area contributed by atoms with Gasteiger partial charge in [-0.25, -0.2) is 4.98 Å². The predicted molar refractivity (Wildman–Crippen MR) is 141 cm³/mol. The van der Waals surface area contributed by atoms with E-state index >= 15 is 0 Å². The zero-order valence-electron chi connectivity index (χ0n) is 21.2. The lowest BCUT2D eigenvalue weighted by molar-refractivity contribution is -0.133. The number of hydrogen-bond acceptors (Lipinski definition) is 3. The molecule has 0 radical (unpaired) electrons. The molecule has 182 valence electrons. The Kier molecular flexibility index (Phi) is 9.43. The van der Waals surface area contributed by atoms with Crippen molar-refractivity contribution in [1.29, 1.82) is 0 Å². The Hall–Kier alpha value is -2.95. The molecule has 3 rings (SSSR count). The lowest BCUT2D eigenvalue weighted by atomic mass is 10.1. The Morgan fingerprint density at radius 1 is 0.941 bits per heavy atom. The molecule has 5 nitrogen and oxygen atoms in total. The summed E-state index contributed by atoms with van der Waals surface area (Å²) in [5.74, 6) is 0.729. The van der Waals surface area contributed by atoms with Gasteiger partial charge < -0.3 is 4.90 Å². The second-order valence-electron chi connectivity index (χ2n) is 9.02. The summed E-state index contributed by atoms with van der Waals surface area (Å²) in [4.78, 5) is 33.5. The van der Waals surface area contributed by atoms with Gasteiger partial charge >= 0.3 is 0 Å². The average Bonchev–Trinajstić information content (AvgIpc) is 2.86. The molecule has 34 heavy (non-hydrogen) atoms. The molecule has 0 N–H and O–H groups in total. The van der Waals surface area contributed by atoms with Crippen molar-refractivity contribution in [1.82, 2.24) is 14.5 Å². The van der Waals surface area contributed by atoms with Crippen LogP contribution in [0.4, 0.5) is 0 Å². The van der Waals surface area contributed by atoms with Gasteiger partial charge in [-0.05, 0) is 56.5 Å². The van der Waals surface area contributed by atoms with Crippen molar-refractivity contribution in [3.63, 3.8) is 0 Å². The second kappa shape index (κ2) is 12.5. The van der Waals surface area contributed by atoms with Gasteiger partial charge in [-0.15, -0.1) is 0 Å². The minimum absolute atomic E-state index is 0.101. The smallest absolute Gasteiger partial charge is 0.266 e. The largest absolute Gasteiger partial charge is 0.333 e. The summed E-state index contributed by atoms with van der Waals surface area (Å²) in [6, 6.07) is 15.2. The van der Waals surface area contributed by atoms with Gasteiger partial charge in [-0.3, -0.25) is 14.2 Å². The molecule has 0 saturated carbocycles. The molecule has 5 heteroatoms. The van der Waals surface area contributed by atoms with E-state index in [0.717, 1.165) is 24.9 Å². The molecule has 1 unspecified atom stereocenters. The fraction of sp³-hybridized carbons (Fsp3) is 0.483. The third-order valence-corrected chi connectivity index (χ3v) is 6.65. The first-order valence-corrected chi connectivity index (χ1v) is 12.9. The summed E-state index contributed by atoms with van der Waals surface area (Å²) >= 11 is 0. The van der Waals surface area contributed by atoms with Crippen LogP contribution in [0.2, 0.25) is 0 Å². The van der Waals surface area contributed by atoms with Crippen molar-refractivity contribution < 1.29 is 4.79 Å². The first-order valence-electron chi connectivity index (χ1n) is 12.9. The maximum Gasteiger partial charge on any atom is 0.266 e. The van der Waals surface area contributed by atoms with E-state index in [9.17, 15) is 9.59 Å². The number of aryl methyl sites for hydroxylation is 1. The van der Waals surface area contributed by atoms with E-state index in [4.69, 9.17) is 4.98 Å². The summed E-state index contributed by atoms with van der Waals surface area (Å²) < 4.78 is 1.69. The molecule has 0 aliphatic carbocycles. The zero-order valence-corrected chi connectivity index (χ0v) is 21.2. The van der Waals surface area contributed by atoms with E-state index in [1.807, 2.05) is 67.3 Å². The highest BCUT2D eigenvalue weighted by atomic mass is 16.2. The Bertz CT molecular complexity index is 1130. The molecule has 1 amide bonds. The number of para-hydroxylation sites is 1. The summed E-state index contributed by atoms with van der Waals surface area (Å²) in [7, 11) is 0. The van der Waals surface area contributed by atoms with Crippen molar-refractivity contribution >= 4 is 16.8 Å². The summed E-state index contributed by atoms with van der Waals surface area (Å²) in [5.41, 5.74) is 2.55. The minimum atomic E-state index is -0.319. The highest BCUT2D eigenvalue weighted by Crippen LogP contribution is 2.24. The summed E-state index contributed by atoms with van der Waals surface area (Å²) in [5, 5.41) is 0.583. The van der Waals surface area contributed by atoms with Gasteiger partial charge in [-0.2, -0.15) is 0 Å². The van der Waals surface area contributed by atoms with Crippen molar-refractivity contribution in [3.05, 3.63) is 70.3 Å². The summed E-state index contributed by atoms with van der Waals surface area (Å²) in [6.07, 6.45) is 8.37. The molecule has 0 spiro atoms. The van der Waals surface area contributed by atoms with E-state index < -0.39 is 0 Å². The molecular weight excluding hydrogens is 422 g/mol. The van der Waals surface area contributed by atoms with E-state index in [1.165, 1.54) is 31.2 Å². The van der Waals surface area contributed by atoms with Gasteiger partial charge in [0.15, 0.2) is 0 Å². The molecule has 0 bridgehead atoms. The number of rotatable bonds is 12. The normalized spacial score (nSPS) is 12.1. The Morgan fingerprint density at radius 3 is 2.29 bits per heavy atom. The quantitative estimate of drug-likeness (QED) is 0.285. The Balaban J connectivity index is 1.94. The van der Waals surface area contributed by atoms with Crippen molar-refractivity contribution in [2.45, 2.75) is 85.1 Å². The van der Waals surface area contributed by atoms with Crippen LogP contribution in [0, 0.1) is 0 Å². The van der Waals surface area contributed by atoms with Crippen LogP contribution in [0.5, 0.6) is 0 Å². The van der Waals surface area contributed by atoms with E-state index in [-0.39, 0.29) is 17.5 Å². The van der Waals surface area contributed by atoms with Crippen LogP contribution in [0.3, 0.4) is 0 Å². The van der Waals surface area contributed by atoms with Crippen LogP contribution < -0.4 is 5.56 Å². The van der Waals surface area contributed by atoms with Crippen LogP contribution >= 0.6 is 0 Å². The molecule has 2 aromatic carbocycles. The number of unbranched alkanes of at least 4 members (excludes halogenated alkanes) is 5. The lowest BCUT2D eigenvalue weighted by Crippen LogP contribution is -2.37. The van der Waals surface area contributed by atoms with Crippen LogP contribution in [0.1, 0.15) is 90.1 Å². The third kappa shape index (κ3) is 5.94. The van der Waals surface area contributed by atoms with Crippen LogP contribution in [-0.2, 0) is 11.2 Å². The standard InChI is InChI=1S/C29H39N3O2/c1-5-8-9-10-11-12-17-27(33)31(7-3)22(4)28-30-26-16-14-13-15-25(26)29(34)32(28)24-20-18-23(6-2)19-21-24/h13-16,18-22H,5-12,17H2,1-4H3. The van der Waals surface area contributed by atoms with Crippen LogP contribution in [-0.4, -0.2) is 26.9 Å². The SMILES string of the molecule is CCCCCCCCC(=O)N(CC)C(C)c1nc2ccccc2c(=O)n1-c1ccc(CC)cc1. The number of carbonyl (C=O) groups excluding carboxylic acids is 1. The van der Waals surface area contributed by atoms with Gasteiger partial charge in [0, 0.05) is 13.0 Å². The van der Waals surface area contributed by atoms with E-state index in [1.54, 1.807) is 4.57 Å². The monoisotopic (exact) mass is 461 g/mol. The van der Waals surface area contributed by atoms with E-state index in [0.29, 0.717) is 29.7 Å². The highest BCUT2D eigenvalue weighted by Gasteiger charge is 2.25. The Labute approximate surface area is 203 Å². The van der Waals surface area contributed by atoms with Crippen LogP contribution in [0.25, 0.3) is 16.6 Å². The lowest BCUT2D eigenvalue weighted by Gasteiger charge is -2.29. The number of benzene rings is 2. The second-order valence-corrected chi connectivity index (χ2v) is 9.02. The summed E-state index contributed by atoms with van der Waals surface area (Å²) in [6.45, 7) is 8.88. The molecule has 0 aliphatic rings. The zero-order chi connectivity index (χ0) is 24.5. The minimum Gasteiger partial charge on any atom is -0.333 e. The first-order chi connectivity index (χ1) is 16.5. The van der Waals surface area contributed by atoms with Crippen molar-refractivity contribution in [2.75, 3.05) is 6.54 Å². The average molecular weight is 462 g/mol. The number of fused-ring (bicyclic) bond motifs is 1. The number of aromatic nitrogens is 2. The number of nitrogens with zero attached hydrogens (tertiary/aromatic N) is 3. The molecular formula is C29H39N3O2. The third-order valence-electron chi connectivity index (χ3n) is 6.65. The maximum absolute atomic E-state index is 13.6. The topological polar surface area (TPSA) is 55.2 Å². The molecule has 3 aromatic rings. The predicted octanol–water partition coefficient (Wildman–Crippen LogP) is 6.61. The Morgan fingerprint density at radius 2 is 1.62 bits per heavy atom. The van der Waals surface area contributed by atoms with E-state index in [2.05, 4.69) is 13.8 Å². The van der Waals surface area contributed by atoms with Gasteiger partial charge in [0.2, 0.25) is 5.91 Å². The number of hydrogen-bond donors (Lipinski definition) is 0. The van der Waals surface area contributed by atoms with Crippen molar-refractivity contribution in [3.8, 4) is 5.69 Å². The molecule has 0 fully saturated rings. The fourth-order valence-corrected chi connectivity index (χ4v) is 4.57. The van der Waals surface area contributed by atoms with Gasteiger partial charge in [0.25, 0.3) is 5.56 Å². The molecule has 0 aliphatic heterocycles. The fourth-order valence-electron chi connectivity index (χ4n) is 4.57. The maximum atomic E-state index is 13.6. The van der Waals surface area contributed by atoms with Gasteiger partial charge in [-0.1, -0.05) is 70.2 Å². The molecule has 1 heterocycles. The first kappa shape index (κ1) is 25.7.